The number of carbonyl (C=O) groups is 2. The molecular formula is C72H135NO8P+. The molecule has 2 unspecified atom stereocenters. The van der Waals surface area contributed by atoms with Gasteiger partial charge in [-0.1, -0.05) is 299 Å². The van der Waals surface area contributed by atoms with E-state index in [0.717, 1.165) is 51.4 Å². The Morgan fingerprint density at radius 3 is 1.00 bits per heavy atom. The molecule has 0 rings (SSSR count). The number of carbonyl (C=O) groups excluding carboxylic acids is 2. The van der Waals surface area contributed by atoms with Crippen molar-refractivity contribution in [1.82, 2.24) is 0 Å². The third-order valence-corrected chi connectivity index (χ3v) is 16.5. The maximum Gasteiger partial charge on any atom is 0.472 e. The first kappa shape index (κ1) is 79.7. The van der Waals surface area contributed by atoms with Gasteiger partial charge in [0.05, 0.1) is 27.7 Å². The molecule has 0 heterocycles. The topological polar surface area (TPSA) is 108 Å². The standard InChI is InChI=1S/C72H134NO8P/c1-6-8-10-12-14-16-18-20-22-24-26-27-28-29-30-31-32-33-34-35-36-37-38-39-40-41-42-43-44-45-47-49-51-53-55-57-59-61-63-65-72(75)81-70(69-80-82(76,77)79-67-66-73(3,4)5)68-78-71(74)64-62-60-58-56-54-52-50-48-46-25-23-21-19-17-15-13-11-9-7-2/h15,17-18,20-21,23-24,26,28-29,70H,6-14,16,19,22,25,27,30-69H2,1-5H3/p+1/b17-15-,20-18-,23-21-,26-24-,29-28-. The second kappa shape index (κ2) is 63.2. The van der Waals surface area contributed by atoms with Crippen molar-refractivity contribution in [3.8, 4) is 0 Å². The summed E-state index contributed by atoms with van der Waals surface area (Å²) in [5, 5.41) is 0. The number of phosphoric acid groups is 1. The SMILES string of the molecule is CCCCC/C=C\C/C=C\CCCCCCCCCCCC(=O)OCC(COP(=O)(O)OCC[N+](C)(C)C)OC(=O)CCCCCCCCCCCCCCCCCCCCCCCCCC/C=C\C/C=C\C/C=C\CCCCCCC. The average Bonchev–Trinajstić information content (AvgIpc) is 3.44. The summed E-state index contributed by atoms with van der Waals surface area (Å²) >= 11 is 0. The Morgan fingerprint density at radius 1 is 0.378 bits per heavy atom. The molecule has 0 spiro atoms. The van der Waals surface area contributed by atoms with Crippen LogP contribution in [0, 0.1) is 0 Å². The lowest BCUT2D eigenvalue weighted by atomic mass is 10.0. The minimum absolute atomic E-state index is 0.0318. The lowest BCUT2D eigenvalue weighted by molar-refractivity contribution is -0.870. The Hall–Kier alpha value is -2.29. The van der Waals surface area contributed by atoms with Gasteiger partial charge >= 0.3 is 19.8 Å². The van der Waals surface area contributed by atoms with E-state index in [1.165, 1.54) is 250 Å². The van der Waals surface area contributed by atoms with Crippen molar-refractivity contribution >= 4 is 19.8 Å². The van der Waals surface area contributed by atoms with Gasteiger partial charge in [-0.2, -0.15) is 0 Å². The van der Waals surface area contributed by atoms with Crippen LogP contribution in [0.3, 0.4) is 0 Å². The van der Waals surface area contributed by atoms with Crippen molar-refractivity contribution in [2.45, 2.75) is 341 Å². The summed E-state index contributed by atoms with van der Waals surface area (Å²) in [5.41, 5.74) is 0. The number of ether oxygens (including phenoxy) is 2. The van der Waals surface area contributed by atoms with E-state index in [4.69, 9.17) is 18.5 Å². The Kier molecular flexibility index (Phi) is 61.5. The van der Waals surface area contributed by atoms with Gasteiger partial charge in [-0.3, -0.25) is 18.6 Å². The maximum absolute atomic E-state index is 12.9. The van der Waals surface area contributed by atoms with E-state index in [9.17, 15) is 19.0 Å². The van der Waals surface area contributed by atoms with Crippen molar-refractivity contribution in [2.24, 2.45) is 0 Å². The molecule has 0 saturated carbocycles. The summed E-state index contributed by atoms with van der Waals surface area (Å²) < 4.78 is 34.7. The molecule has 9 nitrogen and oxygen atoms in total. The molecule has 0 amide bonds. The molecule has 0 aliphatic rings. The Morgan fingerprint density at radius 2 is 0.659 bits per heavy atom. The number of nitrogens with zero attached hydrogens (tertiary/aromatic N) is 1. The fourth-order valence-electron chi connectivity index (χ4n) is 10.1. The van der Waals surface area contributed by atoms with E-state index in [0.29, 0.717) is 17.4 Å². The molecule has 82 heavy (non-hydrogen) atoms. The molecule has 0 saturated heterocycles. The monoisotopic (exact) mass is 1170 g/mol. The third-order valence-electron chi connectivity index (χ3n) is 15.5. The van der Waals surface area contributed by atoms with Gasteiger partial charge in [-0.15, -0.1) is 0 Å². The van der Waals surface area contributed by atoms with Gasteiger partial charge in [-0.05, 0) is 83.5 Å². The first-order valence-corrected chi connectivity index (χ1v) is 36.5. The average molecular weight is 1170 g/mol. The fourth-order valence-corrected chi connectivity index (χ4v) is 10.9. The van der Waals surface area contributed by atoms with E-state index >= 15 is 0 Å². The lowest BCUT2D eigenvalue weighted by Gasteiger charge is -2.24. The van der Waals surface area contributed by atoms with E-state index in [1.54, 1.807) is 0 Å². The Bertz CT molecular complexity index is 1570. The van der Waals surface area contributed by atoms with Crippen molar-refractivity contribution in [3.63, 3.8) is 0 Å². The van der Waals surface area contributed by atoms with Gasteiger partial charge in [0.25, 0.3) is 0 Å². The van der Waals surface area contributed by atoms with Gasteiger partial charge < -0.3 is 18.9 Å². The highest BCUT2D eigenvalue weighted by molar-refractivity contribution is 7.47. The molecule has 1 N–H and O–H groups in total. The molecule has 0 radical (unpaired) electrons. The number of quaternary nitrogens is 1. The van der Waals surface area contributed by atoms with Gasteiger partial charge in [0.15, 0.2) is 6.10 Å². The van der Waals surface area contributed by atoms with E-state index in [-0.39, 0.29) is 32.0 Å². The van der Waals surface area contributed by atoms with Crippen molar-refractivity contribution < 1.29 is 42.1 Å². The van der Waals surface area contributed by atoms with Crippen LogP contribution in [0.15, 0.2) is 60.8 Å². The zero-order valence-electron chi connectivity index (χ0n) is 54.7. The van der Waals surface area contributed by atoms with Crippen LogP contribution in [0.25, 0.3) is 0 Å². The van der Waals surface area contributed by atoms with Crippen LogP contribution >= 0.6 is 7.82 Å². The molecule has 0 aliphatic carbocycles. The Balaban J connectivity index is 3.93. The first-order chi connectivity index (χ1) is 40.0. The largest absolute Gasteiger partial charge is 0.472 e. The minimum Gasteiger partial charge on any atom is -0.462 e. The van der Waals surface area contributed by atoms with Crippen LogP contribution in [0.4, 0.5) is 0 Å². The molecule has 10 heteroatoms. The second-order valence-corrected chi connectivity index (χ2v) is 26.4. The van der Waals surface area contributed by atoms with Crippen molar-refractivity contribution in [2.75, 3.05) is 47.5 Å². The number of unbranched alkanes of at least 4 members (excludes halogenated alkanes) is 41. The molecule has 2 atom stereocenters. The summed E-state index contributed by atoms with van der Waals surface area (Å²) in [4.78, 5) is 35.8. The normalized spacial score (nSPS) is 13.5. The molecule has 0 aromatic rings. The molecule has 0 aromatic carbocycles. The summed E-state index contributed by atoms with van der Waals surface area (Å²) in [7, 11) is 1.49. The van der Waals surface area contributed by atoms with Crippen LogP contribution in [-0.4, -0.2) is 74.9 Å². The molecule has 480 valence electrons. The third kappa shape index (κ3) is 66.8. The zero-order chi connectivity index (χ0) is 59.8. The van der Waals surface area contributed by atoms with Crippen molar-refractivity contribution in [3.05, 3.63) is 60.8 Å². The molecular weight excluding hydrogens is 1040 g/mol. The number of rotatable bonds is 65. The first-order valence-electron chi connectivity index (χ1n) is 35.0. The predicted octanol–water partition coefficient (Wildman–Crippen LogP) is 22.6. The summed E-state index contributed by atoms with van der Waals surface area (Å²) in [5.74, 6) is -0.788. The lowest BCUT2D eigenvalue weighted by Crippen LogP contribution is -2.37. The zero-order valence-corrected chi connectivity index (χ0v) is 55.6. The predicted molar refractivity (Wildman–Crippen MR) is 353 cm³/mol. The number of hydrogen-bond donors (Lipinski definition) is 1. The van der Waals surface area contributed by atoms with Crippen LogP contribution in [0.1, 0.15) is 335 Å². The number of allylic oxidation sites excluding steroid dienone is 10. The van der Waals surface area contributed by atoms with Gasteiger partial charge in [0, 0.05) is 12.8 Å². The van der Waals surface area contributed by atoms with Crippen molar-refractivity contribution in [1.29, 1.82) is 0 Å². The van der Waals surface area contributed by atoms with Crippen LogP contribution < -0.4 is 0 Å². The summed E-state index contributed by atoms with van der Waals surface area (Å²) in [6.07, 6.45) is 83.4. The van der Waals surface area contributed by atoms with Gasteiger partial charge in [-0.25, -0.2) is 4.57 Å². The highest BCUT2D eigenvalue weighted by Crippen LogP contribution is 2.43. The summed E-state index contributed by atoms with van der Waals surface area (Å²) in [6, 6.07) is 0. The molecule has 0 aliphatic heterocycles. The van der Waals surface area contributed by atoms with E-state index in [2.05, 4.69) is 74.6 Å². The van der Waals surface area contributed by atoms with Crippen LogP contribution in [-0.2, 0) is 32.7 Å². The smallest absolute Gasteiger partial charge is 0.462 e. The van der Waals surface area contributed by atoms with E-state index in [1.807, 2.05) is 21.1 Å². The highest BCUT2D eigenvalue weighted by atomic mass is 31.2. The number of likely N-dealkylation sites (N-methyl/N-ethyl adjacent to an activating group) is 1. The van der Waals surface area contributed by atoms with E-state index < -0.39 is 26.5 Å². The second-order valence-electron chi connectivity index (χ2n) is 24.9. The number of phosphoric ester groups is 1. The van der Waals surface area contributed by atoms with Crippen LogP contribution in [0.5, 0.6) is 0 Å². The number of esters is 2. The molecule has 0 aromatic heterocycles. The molecule has 0 fully saturated rings. The fraction of sp³-hybridized carbons (Fsp3) is 0.833. The minimum atomic E-state index is -4.39. The van der Waals surface area contributed by atoms with Crippen LogP contribution in [0.2, 0.25) is 0 Å². The Labute approximate surface area is 508 Å². The summed E-state index contributed by atoms with van der Waals surface area (Å²) in [6.45, 7) is 4.44. The number of hydrogen-bond acceptors (Lipinski definition) is 7. The highest BCUT2D eigenvalue weighted by Gasteiger charge is 2.27. The maximum atomic E-state index is 12.9. The quantitative estimate of drug-likeness (QED) is 0.0211. The van der Waals surface area contributed by atoms with Gasteiger partial charge in [0.1, 0.15) is 19.8 Å². The van der Waals surface area contributed by atoms with Gasteiger partial charge in [0.2, 0.25) is 0 Å². The molecule has 0 bridgehead atoms.